The van der Waals surface area contributed by atoms with Crippen molar-refractivity contribution < 1.29 is 9.90 Å². The molecule has 0 aromatic carbocycles. The molecule has 0 spiro atoms. The van der Waals surface area contributed by atoms with Crippen molar-refractivity contribution in [2.45, 2.75) is 25.5 Å². The van der Waals surface area contributed by atoms with Crippen molar-refractivity contribution in [3.05, 3.63) is 22.4 Å². The highest BCUT2D eigenvalue weighted by atomic mass is 32.2. The highest BCUT2D eigenvalue weighted by Gasteiger charge is 2.24. The van der Waals surface area contributed by atoms with E-state index in [2.05, 4.69) is 10.6 Å². The lowest BCUT2D eigenvalue weighted by molar-refractivity contribution is 0.0630. The highest BCUT2D eigenvalue weighted by Crippen LogP contribution is 2.24. The average Bonchev–Trinajstić information content (AvgIpc) is 2.81. The molecule has 1 aromatic heterocycles. The first-order chi connectivity index (χ1) is 8.45. The van der Waals surface area contributed by atoms with E-state index in [1.165, 1.54) is 11.3 Å². The Morgan fingerprint density at radius 1 is 1.67 bits per heavy atom. The SMILES string of the molecule is CSC[C@H](C)NC(=O)NC[C@](C)(O)c1cccs1. The minimum atomic E-state index is -1.02. The van der Waals surface area contributed by atoms with Gasteiger partial charge in [0.05, 0.1) is 6.54 Å². The summed E-state index contributed by atoms with van der Waals surface area (Å²) >= 11 is 3.16. The smallest absolute Gasteiger partial charge is 0.315 e. The first-order valence-corrected chi connectivity index (χ1v) is 8.02. The molecule has 2 amide bonds. The number of aliphatic hydroxyl groups is 1. The van der Waals surface area contributed by atoms with Gasteiger partial charge in [0, 0.05) is 16.7 Å². The number of carbonyl (C=O) groups excluding carboxylic acids is 1. The second-order valence-electron chi connectivity index (χ2n) is 4.43. The second-order valence-corrected chi connectivity index (χ2v) is 6.29. The van der Waals surface area contributed by atoms with Crippen LogP contribution in [0.1, 0.15) is 18.7 Å². The summed E-state index contributed by atoms with van der Waals surface area (Å²) in [6.45, 7) is 3.85. The summed E-state index contributed by atoms with van der Waals surface area (Å²) in [7, 11) is 0. The lowest BCUT2D eigenvalue weighted by atomic mass is 10.1. The molecule has 0 saturated carbocycles. The minimum absolute atomic E-state index is 0.117. The van der Waals surface area contributed by atoms with Gasteiger partial charge in [-0.05, 0) is 31.5 Å². The number of nitrogens with one attached hydrogen (secondary N) is 2. The third-order valence-electron chi connectivity index (χ3n) is 2.44. The summed E-state index contributed by atoms with van der Waals surface area (Å²) in [5, 5.41) is 17.6. The molecule has 0 aliphatic rings. The fourth-order valence-corrected chi connectivity index (χ4v) is 2.86. The van der Waals surface area contributed by atoms with Crippen LogP contribution < -0.4 is 10.6 Å². The van der Waals surface area contributed by atoms with Gasteiger partial charge in [0.25, 0.3) is 0 Å². The summed E-state index contributed by atoms with van der Waals surface area (Å²) < 4.78 is 0. The zero-order chi connectivity index (χ0) is 13.6. The molecule has 18 heavy (non-hydrogen) atoms. The molecule has 2 atom stereocenters. The van der Waals surface area contributed by atoms with Gasteiger partial charge in [-0.3, -0.25) is 0 Å². The summed E-state index contributed by atoms with van der Waals surface area (Å²) in [4.78, 5) is 12.5. The molecule has 1 aromatic rings. The van der Waals surface area contributed by atoms with Crippen LogP contribution in [0.4, 0.5) is 4.79 Å². The van der Waals surface area contributed by atoms with Gasteiger partial charge < -0.3 is 15.7 Å². The number of hydrogen-bond acceptors (Lipinski definition) is 4. The number of amides is 2. The number of carbonyl (C=O) groups is 1. The third-order valence-corrected chi connectivity index (χ3v) is 4.40. The van der Waals surface area contributed by atoms with Crippen molar-refractivity contribution in [1.29, 1.82) is 0 Å². The molecule has 102 valence electrons. The third kappa shape index (κ3) is 4.88. The van der Waals surface area contributed by atoms with Crippen LogP contribution >= 0.6 is 23.1 Å². The van der Waals surface area contributed by atoms with Crippen LogP contribution in [0.2, 0.25) is 0 Å². The monoisotopic (exact) mass is 288 g/mol. The molecular weight excluding hydrogens is 268 g/mol. The van der Waals surface area contributed by atoms with Crippen LogP contribution in [0.5, 0.6) is 0 Å². The van der Waals surface area contributed by atoms with E-state index in [1.54, 1.807) is 18.7 Å². The Hall–Kier alpha value is -0.720. The fourth-order valence-electron chi connectivity index (χ4n) is 1.49. The largest absolute Gasteiger partial charge is 0.383 e. The van der Waals surface area contributed by atoms with Gasteiger partial charge in [-0.15, -0.1) is 11.3 Å². The van der Waals surface area contributed by atoms with Crippen molar-refractivity contribution in [3.63, 3.8) is 0 Å². The topological polar surface area (TPSA) is 61.4 Å². The van der Waals surface area contributed by atoms with E-state index in [0.717, 1.165) is 10.6 Å². The van der Waals surface area contributed by atoms with Gasteiger partial charge in [0.1, 0.15) is 5.60 Å². The quantitative estimate of drug-likeness (QED) is 0.750. The number of thiophene rings is 1. The zero-order valence-corrected chi connectivity index (χ0v) is 12.5. The standard InChI is InChI=1S/C12H20N2O2S2/c1-9(7-17-3)14-11(15)13-8-12(2,16)10-5-4-6-18-10/h4-6,9,16H,7-8H2,1-3H3,(H2,13,14,15)/t9-,12-/m0/s1. The molecule has 0 saturated heterocycles. The van der Waals surface area contributed by atoms with Crippen LogP contribution in [0.25, 0.3) is 0 Å². The van der Waals surface area contributed by atoms with E-state index in [9.17, 15) is 9.90 Å². The molecule has 1 rings (SSSR count). The summed E-state index contributed by atoms with van der Waals surface area (Å²) in [6.07, 6.45) is 2.00. The predicted octanol–water partition coefficient (Wildman–Crippen LogP) is 2.01. The van der Waals surface area contributed by atoms with E-state index in [1.807, 2.05) is 30.7 Å². The van der Waals surface area contributed by atoms with E-state index >= 15 is 0 Å². The molecule has 6 heteroatoms. The molecular formula is C12H20N2O2S2. The Kier molecular flexibility index (Phi) is 5.98. The number of hydrogen-bond donors (Lipinski definition) is 3. The highest BCUT2D eigenvalue weighted by molar-refractivity contribution is 7.98. The van der Waals surface area contributed by atoms with Crippen LogP contribution in [-0.2, 0) is 5.60 Å². The molecule has 1 heterocycles. The molecule has 0 unspecified atom stereocenters. The van der Waals surface area contributed by atoms with Crippen molar-refractivity contribution >= 4 is 29.1 Å². The van der Waals surface area contributed by atoms with Crippen LogP contribution in [0.3, 0.4) is 0 Å². The van der Waals surface area contributed by atoms with Crippen LogP contribution in [0.15, 0.2) is 17.5 Å². The van der Waals surface area contributed by atoms with E-state index in [-0.39, 0.29) is 18.6 Å². The summed E-state index contributed by atoms with van der Waals surface area (Å²) in [5.74, 6) is 0.870. The molecule has 0 aliphatic carbocycles. The first-order valence-electron chi connectivity index (χ1n) is 5.75. The Bertz CT molecular complexity index is 366. The van der Waals surface area contributed by atoms with Gasteiger partial charge in [-0.25, -0.2) is 4.79 Å². The summed E-state index contributed by atoms with van der Waals surface area (Å²) in [6, 6.07) is 3.62. The van der Waals surface area contributed by atoms with Gasteiger partial charge in [-0.2, -0.15) is 11.8 Å². The van der Waals surface area contributed by atoms with Gasteiger partial charge in [0.2, 0.25) is 0 Å². The lowest BCUT2D eigenvalue weighted by Gasteiger charge is -2.23. The number of urea groups is 1. The zero-order valence-electron chi connectivity index (χ0n) is 10.9. The average molecular weight is 288 g/mol. The van der Waals surface area contributed by atoms with Crippen LogP contribution in [0, 0.1) is 0 Å². The molecule has 3 N–H and O–H groups in total. The Labute approximate surface area is 116 Å². The maximum absolute atomic E-state index is 11.6. The van der Waals surface area contributed by atoms with Crippen LogP contribution in [-0.4, -0.2) is 35.7 Å². The predicted molar refractivity (Wildman–Crippen MR) is 78.3 cm³/mol. The maximum atomic E-state index is 11.6. The van der Waals surface area contributed by atoms with E-state index < -0.39 is 5.60 Å². The molecule has 0 aliphatic heterocycles. The molecule has 0 radical (unpaired) electrons. The van der Waals surface area contributed by atoms with E-state index in [0.29, 0.717) is 0 Å². The number of thioether (sulfide) groups is 1. The van der Waals surface area contributed by atoms with Crippen molar-refractivity contribution in [3.8, 4) is 0 Å². The number of rotatable bonds is 6. The maximum Gasteiger partial charge on any atom is 0.315 e. The first kappa shape index (κ1) is 15.3. The normalized spacial score (nSPS) is 15.8. The van der Waals surface area contributed by atoms with Gasteiger partial charge >= 0.3 is 6.03 Å². The molecule has 4 nitrogen and oxygen atoms in total. The Balaban J connectivity index is 2.38. The second kappa shape index (κ2) is 7.01. The fraction of sp³-hybridized carbons (Fsp3) is 0.583. The van der Waals surface area contributed by atoms with Gasteiger partial charge in [-0.1, -0.05) is 6.07 Å². The van der Waals surface area contributed by atoms with E-state index in [4.69, 9.17) is 0 Å². The van der Waals surface area contributed by atoms with Crippen molar-refractivity contribution in [1.82, 2.24) is 10.6 Å². The molecule has 0 bridgehead atoms. The summed E-state index contributed by atoms with van der Waals surface area (Å²) in [5.41, 5.74) is -1.02. The minimum Gasteiger partial charge on any atom is -0.383 e. The lowest BCUT2D eigenvalue weighted by Crippen LogP contribution is -2.46. The Morgan fingerprint density at radius 3 is 2.94 bits per heavy atom. The molecule has 0 fully saturated rings. The van der Waals surface area contributed by atoms with Crippen molar-refractivity contribution in [2.75, 3.05) is 18.6 Å². The van der Waals surface area contributed by atoms with Crippen molar-refractivity contribution in [2.24, 2.45) is 0 Å². The Morgan fingerprint density at radius 2 is 2.39 bits per heavy atom. The van der Waals surface area contributed by atoms with Gasteiger partial charge in [0.15, 0.2) is 0 Å².